The molecule has 1 fully saturated rings. The average Bonchev–Trinajstić information content (AvgIpc) is 2.67. The van der Waals surface area contributed by atoms with Gasteiger partial charge in [0.05, 0.1) is 11.4 Å². The van der Waals surface area contributed by atoms with Crippen LogP contribution in [0.3, 0.4) is 0 Å². The van der Waals surface area contributed by atoms with Crippen LogP contribution in [0, 0.1) is 5.92 Å². The zero-order chi connectivity index (χ0) is 20.4. The molecule has 0 bridgehead atoms. The first kappa shape index (κ1) is 20.3. The van der Waals surface area contributed by atoms with Gasteiger partial charge in [0.25, 0.3) is 5.91 Å². The SMILES string of the molecule is CCC(C)C1C(=O)Nc2cc(C(=O)NC3CCCCC3N)ccc2N1C(C)=O. The van der Waals surface area contributed by atoms with Crippen molar-refractivity contribution in [2.75, 3.05) is 10.2 Å². The van der Waals surface area contributed by atoms with E-state index in [0.717, 1.165) is 32.1 Å². The van der Waals surface area contributed by atoms with Crippen LogP contribution in [0.1, 0.15) is 63.2 Å². The van der Waals surface area contributed by atoms with Gasteiger partial charge in [0.15, 0.2) is 0 Å². The minimum atomic E-state index is -0.546. The molecule has 1 heterocycles. The molecule has 3 rings (SSSR count). The molecule has 0 spiro atoms. The van der Waals surface area contributed by atoms with Crippen LogP contribution in [-0.2, 0) is 9.59 Å². The van der Waals surface area contributed by atoms with E-state index in [1.165, 1.54) is 6.92 Å². The highest BCUT2D eigenvalue weighted by Crippen LogP contribution is 2.36. The maximum Gasteiger partial charge on any atom is 0.251 e. The van der Waals surface area contributed by atoms with Gasteiger partial charge in [-0.3, -0.25) is 19.3 Å². The number of nitrogens with two attached hydrogens (primary N) is 1. The fourth-order valence-corrected chi connectivity index (χ4v) is 4.15. The second-order valence-electron chi connectivity index (χ2n) is 7.97. The third-order valence-corrected chi connectivity index (χ3v) is 5.98. The number of rotatable bonds is 4. The van der Waals surface area contributed by atoms with Crippen LogP contribution in [0.2, 0.25) is 0 Å². The van der Waals surface area contributed by atoms with Crippen LogP contribution in [0.25, 0.3) is 0 Å². The highest BCUT2D eigenvalue weighted by atomic mass is 16.2. The Morgan fingerprint density at radius 3 is 2.68 bits per heavy atom. The Hall–Kier alpha value is -2.41. The lowest BCUT2D eigenvalue weighted by molar-refractivity contribution is -0.123. The minimum Gasteiger partial charge on any atom is -0.348 e. The maximum absolute atomic E-state index is 12.7. The van der Waals surface area contributed by atoms with Crippen molar-refractivity contribution in [3.63, 3.8) is 0 Å². The molecule has 0 aromatic heterocycles. The van der Waals surface area contributed by atoms with Crippen molar-refractivity contribution in [1.82, 2.24) is 5.32 Å². The van der Waals surface area contributed by atoms with Crippen LogP contribution in [0.4, 0.5) is 11.4 Å². The van der Waals surface area contributed by atoms with Gasteiger partial charge in [0, 0.05) is 24.6 Å². The highest BCUT2D eigenvalue weighted by molar-refractivity contribution is 6.12. The zero-order valence-electron chi connectivity index (χ0n) is 16.8. The largest absolute Gasteiger partial charge is 0.348 e. The number of fused-ring (bicyclic) bond motifs is 1. The molecular weight excluding hydrogens is 356 g/mol. The Labute approximate surface area is 166 Å². The lowest BCUT2D eigenvalue weighted by Crippen LogP contribution is -2.53. The third-order valence-electron chi connectivity index (χ3n) is 5.98. The van der Waals surface area contributed by atoms with E-state index in [1.807, 2.05) is 13.8 Å². The fourth-order valence-electron chi connectivity index (χ4n) is 4.15. The number of benzene rings is 1. The third kappa shape index (κ3) is 3.90. The molecule has 7 nitrogen and oxygen atoms in total. The number of anilines is 2. The van der Waals surface area contributed by atoms with E-state index in [0.29, 0.717) is 16.9 Å². The summed E-state index contributed by atoms with van der Waals surface area (Å²) < 4.78 is 0. The van der Waals surface area contributed by atoms with Gasteiger partial charge in [0.2, 0.25) is 11.8 Å². The predicted molar refractivity (Wildman–Crippen MR) is 109 cm³/mol. The molecule has 7 heteroatoms. The van der Waals surface area contributed by atoms with Gasteiger partial charge in [-0.05, 0) is 37.0 Å². The molecule has 4 N–H and O–H groups in total. The fraction of sp³-hybridized carbons (Fsp3) is 0.571. The van der Waals surface area contributed by atoms with Gasteiger partial charge in [-0.25, -0.2) is 0 Å². The molecule has 0 radical (unpaired) electrons. The standard InChI is InChI=1S/C21H30N4O3/c1-4-12(2)19-21(28)24-17-11-14(9-10-18(17)25(19)13(3)26)20(27)23-16-8-6-5-7-15(16)22/h9-12,15-16,19H,4-8,22H2,1-3H3,(H,23,27)(H,24,28). The van der Waals surface area contributed by atoms with Crippen molar-refractivity contribution in [1.29, 1.82) is 0 Å². The van der Waals surface area contributed by atoms with E-state index in [4.69, 9.17) is 5.73 Å². The molecule has 4 atom stereocenters. The van der Waals surface area contributed by atoms with Gasteiger partial charge in [-0.2, -0.15) is 0 Å². The number of carbonyl (C=O) groups is 3. The Bertz CT molecular complexity index is 779. The van der Waals surface area contributed by atoms with Gasteiger partial charge >= 0.3 is 0 Å². The van der Waals surface area contributed by atoms with Crippen LogP contribution in [0.15, 0.2) is 18.2 Å². The van der Waals surface area contributed by atoms with Gasteiger partial charge < -0.3 is 16.4 Å². The van der Waals surface area contributed by atoms with Crippen molar-refractivity contribution >= 4 is 29.1 Å². The number of carbonyl (C=O) groups excluding carboxylic acids is 3. The van der Waals surface area contributed by atoms with Crippen LogP contribution in [0.5, 0.6) is 0 Å². The second-order valence-corrected chi connectivity index (χ2v) is 7.97. The van der Waals surface area contributed by atoms with E-state index in [-0.39, 0.29) is 35.7 Å². The summed E-state index contributed by atoms with van der Waals surface area (Å²) in [6.45, 7) is 5.42. The molecule has 1 aromatic carbocycles. The smallest absolute Gasteiger partial charge is 0.251 e. The maximum atomic E-state index is 12.7. The number of nitrogens with one attached hydrogen (secondary N) is 2. The molecule has 152 valence electrons. The minimum absolute atomic E-state index is 0.0211. The molecule has 1 aliphatic carbocycles. The number of nitrogens with zero attached hydrogens (tertiary/aromatic N) is 1. The summed E-state index contributed by atoms with van der Waals surface area (Å²) in [6, 6.07) is 4.47. The Morgan fingerprint density at radius 1 is 1.32 bits per heavy atom. The summed E-state index contributed by atoms with van der Waals surface area (Å²) in [5, 5.41) is 5.90. The molecule has 1 saturated carbocycles. The van der Waals surface area contributed by atoms with Crippen molar-refractivity contribution in [3.05, 3.63) is 23.8 Å². The average molecular weight is 386 g/mol. The van der Waals surface area contributed by atoms with Crippen molar-refractivity contribution in [2.45, 2.75) is 71.0 Å². The summed E-state index contributed by atoms with van der Waals surface area (Å²) in [5.74, 6) is -0.596. The van der Waals surface area contributed by atoms with E-state index in [9.17, 15) is 14.4 Å². The Morgan fingerprint density at radius 2 is 2.04 bits per heavy atom. The highest BCUT2D eigenvalue weighted by Gasteiger charge is 2.38. The monoisotopic (exact) mass is 386 g/mol. The quantitative estimate of drug-likeness (QED) is 0.739. The van der Waals surface area contributed by atoms with E-state index in [1.54, 1.807) is 23.1 Å². The predicted octanol–water partition coefficient (Wildman–Crippen LogP) is 2.41. The molecule has 4 unspecified atom stereocenters. The Kier molecular flexibility index (Phi) is 6.03. The van der Waals surface area contributed by atoms with Crippen molar-refractivity contribution in [3.8, 4) is 0 Å². The molecule has 1 aromatic rings. The normalized spacial score (nSPS) is 25.5. The zero-order valence-corrected chi connectivity index (χ0v) is 16.8. The molecule has 28 heavy (non-hydrogen) atoms. The summed E-state index contributed by atoms with van der Waals surface area (Å²) >= 11 is 0. The summed E-state index contributed by atoms with van der Waals surface area (Å²) in [4.78, 5) is 39.2. The number of hydrogen-bond donors (Lipinski definition) is 3. The van der Waals surface area contributed by atoms with Crippen LogP contribution < -0.4 is 21.3 Å². The van der Waals surface area contributed by atoms with Crippen LogP contribution in [-0.4, -0.2) is 35.8 Å². The van der Waals surface area contributed by atoms with E-state index in [2.05, 4.69) is 10.6 Å². The van der Waals surface area contributed by atoms with Gasteiger partial charge in [-0.1, -0.05) is 33.1 Å². The molecule has 2 aliphatic rings. The number of amides is 3. The van der Waals surface area contributed by atoms with Crippen LogP contribution >= 0.6 is 0 Å². The topological polar surface area (TPSA) is 105 Å². The van der Waals surface area contributed by atoms with E-state index >= 15 is 0 Å². The lowest BCUT2D eigenvalue weighted by Gasteiger charge is -2.38. The summed E-state index contributed by atoms with van der Waals surface area (Å²) in [7, 11) is 0. The first-order valence-electron chi connectivity index (χ1n) is 10.1. The molecule has 3 amide bonds. The van der Waals surface area contributed by atoms with Crippen molar-refractivity contribution in [2.24, 2.45) is 11.7 Å². The second kappa shape index (κ2) is 8.31. The van der Waals surface area contributed by atoms with Gasteiger partial charge in [0.1, 0.15) is 6.04 Å². The molecule has 0 saturated heterocycles. The number of hydrogen-bond acceptors (Lipinski definition) is 4. The first-order chi connectivity index (χ1) is 13.3. The summed E-state index contributed by atoms with van der Waals surface area (Å²) in [6.07, 6.45) is 4.72. The summed E-state index contributed by atoms with van der Waals surface area (Å²) in [5.41, 5.74) is 7.69. The molecule has 1 aliphatic heterocycles. The first-order valence-corrected chi connectivity index (χ1v) is 10.1. The van der Waals surface area contributed by atoms with E-state index < -0.39 is 6.04 Å². The molecular formula is C21H30N4O3. The van der Waals surface area contributed by atoms with Crippen molar-refractivity contribution < 1.29 is 14.4 Å². The lowest BCUT2D eigenvalue weighted by atomic mass is 9.90. The van der Waals surface area contributed by atoms with Gasteiger partial charge in [-0.15, -0.1) is 0 Å². The Balaban J connectivity index is 1.86.